The van der Waals surface area contributed by atoms with E-state index >= 15 is 0 Å². The molecule has 2 aromatic rings. The third-order valence-electron chi connectivity index (χ3n) is 4.25. The van der Waals surface area contributed by atoms with Crippen molar-refractivity contribution in [3.05, 3.63) is 30.4 Å². The van der Waals surface area contributed by atoms with Gasteiger partial charge in [0.15, 0.2) is 0 Å². The van der Waals surface area contributed by atoms with Gasteiger partial charge in [-0.25, -0.2) is 9.97 Å². The second kappa shape index (κ2) is 6.54. The van der Waals surface area contributed by atoms with E-state index in [1.54, 1.807) is 6.20 Å². The third kappa shape index (κ3) is 3.60. The van der Waals surface area contributed by atoms with Crippen LogP contribution in [0.2, 0.25) is 0 Å². The number of imidazole rings is 1. The van der Waals surface area contributed by atoms with Crippen molar-refractivity contribution >= 4 is 5.78 Å². The number of aromatic nitrogens is 3. The third-order valence-corrected chi connectivity index (χ3v) is 4.25. The van der Waals surface area contributed by atoms with E-state index in [4.69, 9.17) is 0 Å². The molecule has 3 rings (SSSR count). The first-order valence-corrected chi connectivity index (χ1v) is 7.98. The molecule has 1 saturated heterocycles. The molecule has 114 valence electrons. The summed E-state index contributed by atoms with van der Waals surface area (Å²) >= 11 is 0. The van der Waals surface area contributed by atoms with Gasteiger partial charge in [-0.3, -0.25) is 9.30 Å². The fraction of sp³-hybridized carbons (Fsp3) is 0.625. The molecule has 1 N–H and O–H groups in total. The molecule has 1 unspecified atom stereocenters. The van der Waals surface area contributed by atoms with Crippen LogP contribution in [-0.2, 0) is 6.54 Å². The number of hydrogen-bond donors (Lipinski definition) is 1. The zero-order valence-electron chi connectivity index (χ0n) is 13.0. The van der Waals surface area contributed by atoms with Gasteiger partial charge in [0.05, 0.1) is 5.69 Å². The molecule has 0 amide bonds. The van der Waals surface area contributed by atoms with Gasteiger partial charge in [-0.05, 0) is 39.3 Å². The summed E-state index contributed by atoms with van der Waals surface area (Å²) in [5.74, 6) is 0.784. The lowest BCUT2D eigenvalue weighted by Gasteiger charge is -2.32. The van der Waals surface area contributed by atoms with Crippen LogP contribution < -0.4 is 5.32 Å². The molecule has 3 heterocycles. The maximum Gasteiger partial charge on any atom is 0.233 e. The molecule has 0 aromatic carbocycles. The molecule has 1 atom stereocenters. The van der Waals surface area contributed by atoms with Gasteiger partial charge in [0.1, 0.15) is 0 Å². The summed E-state index contributed by atoms with van der Waals surface area (Å²) < 4.78 is 1.99. The van der Waals surface area contributed by atoms with Crippen molar-refractivity contribution in [1.82, 2.24) is 24.6 Å². The first kappa shape index (κ1) is 14.5. The Hall–Kier alpha value is -1.46. The maximum atomic E-state index is 4.62. The molecule has 1 aliphatic heterocycles. The van der Waals surface area contributed by atoms with E-state index in [0.717, 1.165) is 31.1 Å². The summed E-state index contributed by atoms with van der Waals surface area (Å²) in [4.78, 5) is 11.4. The highest BCUT2D eigenvalue weighted by molar-refractivity contribution is 5.29. The minimum absolute atomic E-state index is 0.520. The Kier molecular flexibility index (Phi) is 4.51. The highest BCUT2D eigenvalue weighted by Crippen LogP contribution is 2.13. The normalized spacial score (nSPS) is 19.7. The SMILES string of the molecule is CC(C)N(Cc1cn2cccnc2n1)CC1CCCCN1. The smallest absolute Gasteiger partial charge is 0.233 e. The van der Waals surface area contributed by atoms with Crippen molar-refractivity contribution in [2.45, 2.75) is 51.7 Å². The van der Waals surface area contributed by atoms with E-state index in [2.05, 4.69) is 40.2 Å². The predicted molar refractivity (Wildman–Crippen MR) is 84.2 cm³/mol. The molecular formula is C16H25N5. The van der Waals surface area contributed by atoms with Gasteiger partial charge < -0.3 is 5.32 Å². The number of fused-ring (bicyclic) bond motifs is 1. The summed E-state index contributed by atoms with van der Waals surface area (Å²) in [6.45, 7) is 7.67. The summed E-state index contributed by atoms with van der Waals surface area (Å²) in [6.07, 6.45) is 9.83. The molecular weight excluding hydrogens is 262 g/mol. The lowest BCUT2D eigenvalue weighted by Crippen LogP contribution is -2.45. The average Bonchev–Trinajstić information content (AvgIpc) is 2.90. The zero-order chi connectivity index (χ0) is 14.7. The Morgan fingerprint density at radius 1 is 1.43 bits per heavy atom. The largest absolute Gasteiger partial charge is 0.313 e. The minimum atomic E-state index is 0.520. The number of hydrogen-bond acceptors (Lipinski definition) is 4. The van der Waals surface area contributed by atoms with Gasteiger partial charge in [-0.15, -0.1) is 0 Å². The van der Waals surface area contributed by atoms with Crippen molar-refractivity contribution in [2.75, 3.05) is 13.1 Å². The van der Waals surface area contributed by atoms with E-state index < -0.39 is 0 Å². The van der Waals surface area contributed by atoms with Crippen LogP contribution in [-0.4, -0.2) is 44.4 Å². The quantitative estimate of drug-likeness (QED) is 0.914. The maximum absolute atomic E-state index is 4.62. The van der Waals surface area contributed by atoms with E-state index in [9.17, 15) is 0 Å². The fourth-order valence-corrected chi connectivity index (χ4v) is 2.98. The molecule has 1 aliphatic rings. The Balaban J connectivity index is 1.68. The Morgan fingerprint density at radius 2 is 2.33 bits per heavy atom. The van der Waals surface area contributed by atoms with Crippen LogP contribution in [0.15, 0.2) is 24.7 Å². The van der Waals surface area contributed by atoms with Gasteiger partial charge in [-0.1, -0.05) is 6.42 Å². The van der Waals surface area contributed by atoms with Crippen LogP contribution in [0.3, 0.4) is 0 Å². The molecule has 0 bridgehead atoms. The van der Waals surface area contributed by atoms with Crippen molar-refractivity contribution < 1.29 is 0 Å². The van der Waals surface area contributed by atoms with Crippen molar-refractivity contribution in [3.63, 3.8) is 0 Å². The van der Waals surface area contributed by atoms with E-state index in [1.165, 1.54) is 19.3 Å². The summed E-state index contributed by atoms with van der Waals surface area (Å²) in [5.41, 5.74) is 1.10. The summed E-state index contributed by atoms with van der Waals surface area (Å²) in [7, 11) is 0. The van der Waals surface area contributed by atoms with Crippen molar-refractivity contribution in [2.24, 2.45) is 0 Å². The summed E-state index contributed by atoms with van der Waals surface area (Å²) in [6, 6.07) is 3.08. The first-order valence-electron chi connectivity index (χ1n) is 7.98. The van der Waals surface area contributed by atoms with E-state index in [-0.39, 0.29) is 0 Å². The molecule has 21 heavy (non-hydrogen) atoms. The molecule has 1 fully saturated rings. The molecule has 0 aliphatic carbocycles. The second-order valence-electron chi connectivity index (χ2n) is 6.23. The molecule has 0 spiro atoms. The summed E-state index contributed by atoms with van der Waals surface area (Å²) in [5, 5.41) is 3.64. The standard InChI is InChI=1S/C16H25N5/c1-13(2)21(10-14-6-3-4-7-17-14)12-15-11-20-9-5-8-18-16(20)19-15/h5,8-9,11,13-14,17H,3-4,6-7,10,12H2,1-2H3. The number of rotatable bonds is 5. The van der Waals surface area contributed by atoms with Crippen molar-refractivity contribution in [1.29, 1.82) is 0 Å². The van der Waals surface area contributed by atoms with Gasteiger partial charge in [0.25, 0.3) is 0 Å². The molecule has 0 radical (unpaired) electrons. The minimum Gasteiger partial charge on any atom is -0.313 e. The lowest BCUT2D eigenvalue weighted by atomic mass is 10.0. The zero-order valence-corrected chi connectivity index (χ0v) is 13.0. The van der Waals surface area contributed by atoms with E-state index in [1.807, 2.05) is 16.7 Å². The second-order valence-corrected chi connectivity index (χ2v) is 6.23. The fourth-order valence-electron chi connectivity index (χ4n) is 2.98. The Labute approximate surface area is 126 Å². The van der Waals surface area contributed by atoms with E-state index in [0.29, 0.717) is 12.1 Å². The first-order chi connectivity index (χ1) is 10.2. The van der Waals surface area contributed by atoms with Crippen LogP contribution >= 0.6 is 0 Å². The van der Waals surface area contributed by atoms with Gasteiger partial charge >= 0.3 is 0 Å². The molecule has 2 aromatic heterocycles. The molecule has 5 nitrogen and oxygen atoms in total. The predicted octanol–water partition coefficient (Wildman–Crippen LogP) is 2.08. The van der Waals surface area contributed by atoms with Crippen molar-refractivity contribution in [3.8, 4) is 0 Å². The Morgan fingerprint density at radius 3 is 3.05 bits per heavy atom. The Bertz CT molecular complexity index is 538. The highest BCUT2D eigenvalue weighted by atomic mass is 15.2. The van der Waals surface area contributed by atoms with Crippen LogP contribution in [0.1, 0.15) is 38.8 Å². The van der Waals surface area contributed by atoms with Gasteiger partial charge in [0, 0.05) is 43.8 Å². The van der Waals surface area contributed by atoms with Crippen LogP contribution in [0.5, 0.6) is 0 Å². The average molecular weight is 287 g/mol. The monoisotopic (exact) mass is 287 g/mol. The molecule has 5 heteroatoms. The van der Waals surface area contributed by atoms with Crippen LogP contribution in [0.4, 0.5) is 0 Å². The van der Waals surface area contributed by atoms with Gasteiger partial charge in [0.2, 0.25) is 5.78 Å². The topological polar surface area (TPSA) is 45.5 Å². The number of nitrogens with one attached hydrogen (secondary N) is 1. The molecule has 0 saturated carbocycles. The lowest BCUT2D eigenvalue weighted by molar-refractivity contribution is 0.175. The van der Waals surface area contributed by atoms with Gasteiger partial charge in [-0.2, -0.15) is 0 Å². The number of nitrogens with zero attached hydrogens (tertiary/aromatic N) is 4. The van der Waals surface area contributed by atoms with Crippen LogP contribution in [0, 0.1) is 0 Å². The number of piperidine rings is 1. The van der Waals surface area contributed by atoms with Crippen LogP contribution in [0.25, 0.3) is 5.78 Å². The highest BCUT2D eigenvalue weighted by Gasteiger charge is 2.19.